The minimum atomic E-state index is -1.02. The van der Waals surface area contributed by atoms with Crippen molar-refractivity contribution in [2.75, 3.05) is 0 Å². The molecular formula is C64H58O6. The van der Waals surface area contributed by atoms with Gasteiger partial charge in [0.2, 0.25) is 0 Å². The van der Waals surface area contributed by atoms with E-state index in [2.05, 4.69) is 115 Å². The lowest BCUT2D eigenvalue weighted by molar-refractivity contribution is 0.0850. The second-order valence-electron chi connectivity index (χ2n) is 20.0. The van der Waals surface area contributed by atoms with Crippen LogP contribution in [0.2, 0.25) is 0 Å². The minimum absolute atomic E-state index is 0.0655. The topological polar surface area (TPSA) is 99.4 Å². The van der Waals surface area contributed by atoms with Crippen LogP contribution in [0, 0.1) is 0 Å². The molecule has 0 saturated carbocycles. The lowest BCUT2D eigenvalue weighted by Gasteiger charge is -2.43. The van der Waals surface area contributed by atoms with E-state index < -0.39 is 22.0 Å². The molecular weight excluding hydrogens is 865 g/mol. The molecule has 2 aliphatic heterocycles. The summed E-state index contributed by atoms with van der Waals surface area (Å²) in [5.41, 5.74) is 11.9. The summed E-state index contributed by atoms with van der Waals surface area (Å²) in [5.74, 6) is 2.39. The maximum atomic E-state index is 11.4. The molecule has 4 aliphatic rings. The van der Waals surface area contributed by atoms with E-state index in [1.165, 1.54) is 0 Å². The number of rotatable bonds is 9. The van der Waals surface area contributed by atoms with Gasteiger partial charge in [-0.2, -0.15) is 0 Å². The van der Waals surface area contributed by atoms with Crippen molar-refractivity contribution in [1.82, 2.24) is 0 Å². The SMILES string of the molecule is C=Cc1ccc2c(c1/C=C\C(=C)O)C(C)(c1ccc(-c3ccc(C4(C)c5c(ccc6c5C=CC(C)(O)[C@H]6C)Oc5ccc(C=C)c(/C=C\C(=C)O)c54)cc3)cc1)c1c(ccc3c1C=C[C@@](C)(O)C3C)O2. The lowest BCUT2D eigenvalue weighted by atomic mass is 9.63. The van der Waals surface area contributed by atoms with E-state index in [9.17, 15) is 20.4 Å². The second-order valence-corrected chi connectivity index (χ2v) is 20.0. The number of allylic oxidation sites excluding steroid dienone is 2. The smallest absolute Gasteiger partial charge is 0.132 e. The van der Waals surface area contributed by atoms with Crippen LogP contribution in [0.3, 0.4) is 0 Å². The molecule has 0 amide bonds. The first-order valence-electron chi connectivity index (χ1n) is 23.8. The van der Waals surface area contributed by atoms with Crippen LogP contribution in [-0.4, -0.2) is 31.6 Å². The standard InChI is InChI=1S/C64H58O6/c1-11-41-19-29-53-57(49(41)25-13-37(3)65)63(9,59-51-33-35-61(7,67)39(5)47(51)27-31-55(59)69-53)45-21-15-43(16-22-45)44-17-23-46(24-18-44)64(10)58-50(26-14-38(4)66)42(12-2)20-30-54(58)70-56-32-28-48-40(6)62(8,68)36-34-52(48)60(56)64/h11-36,39-40,65-68H,1-4H2,5-10H3/b25-13-,26-14-/t39-,40?,61?,62+,63?,64?/m0/s1. The average Bonchev–Trinajstić information content (AvgIpc) is 3.34. The van der Waals surface area contributed by atoms with Gasteiger partial charge in [-0.1, -0.05) is 162 Å². The Kier molecular flexibility index (Phi) is 10.9. The van der Waals surface area contributed by atoms with E-state index in [1.807, 2.05) is 98.9 Å². The summed E-state index contributed by atoms with van der Waals surface area (Å²) in [7, 11) is 0. The predicted octanol–water partition coefficient (Wildman–Crippen LogP) is 15.5. The Morgan fingerprint density at radius 1 is 0.500 bits per heavy atom. The number of fused-ring (bicyclic) bond motifs is 8. The zero-order valence-electron chi connectivity index (χ0n) is 40.6. The molecule has 6 nitrogen and oxygen atoms in total. The van der Waals surface area contributed by atoms with Gasteiger partial charge in [0, 0.05) is 34.1 Å². The van der Waals surface area contributed by atoms with E-state index in [4.69, 9.17) is 9.47 Å². The number of hydrogen-bond acceptors (Lipinski definition) is 6. The molecule has 0 spiro atoms. The van der Waals surface area contributed by atoms with Gasteiger partial charge in [0.15, 0.2) is 0 Å². The molecule has 0 radical (unpaired) electrons. The summed E-state index contributed by atoms with van der Waals surface area (Å²) >= 11 is 0. The molecule has 0 aromatic heterocycles. The molecule has 6 aromatic rings. The van der Waals surface area contributed by atoms with Crippen LogP contribution in [-0.2, 0) is 10.8 Å². The van der Waals surface area contributed by atoms with Crippen molar-refractivity contribution in [3.8, 4) is 34.1 Å². The molecule has 350 valence electrons. The number of ether oxygens (including phenoxy) is 2. The fourth-order valence-electron chi connectivity index (χ4n) is 11.5. The zero-order chi connectivity index (χ0) is 49.7. The number of aliphatic hydroxyl groups is 4. The van der Waals surface area contributed by atoms with Gasteiger partial charge >= 0.3 is 0 Å². The van der Waals surface area contributed by atoms with Gasteiger partial charge in [0.25, 0.3) is 0 Å². The maximum Gasteiger partial charge on any atom is 0.132 e. The summed E-state index contributed by atoms with van der Waals surface area (Å²) in [6.45, 7) is 28.0. The molecule has 6 aromatic carbocycles. The van der Waals surface area contributed by atoms with E-state index >= 15 is 0 Å². The molecule has 4 N–H and O–H groups in total. The van der Waals surface area contributed by atoms with E-state index in [0.717, 1.165) is 101 Å². The first-order valence-corrected chi connectivity index (χ1v) is 23.8. The van der Waals surface area contributed by atoms with E-state index in [-0.39, 0.29) is 23.4 Å². The molecule has 10 rings (SSSR count). The van der Waals surface area contributed by atoms with Gasteiger partial charge in [-0.3, -0.25) is 0 Å². The van der Waals surface area contributed by atoms with Crippen LogP contribution in [0.5, 0.6) is 23.0 Å². The molecule has 0 bridgehead atoms. The zero-order valence-corrected chi connectivity index (χ0v) is 40.6. The Morgan fingerprint density at radius 3 is 1.19 bits per heavy atom. The Balaban J connectivity index is 1.13. The Hall–Kier alpha value is -7.64. The summed E-state index contributed by atoms with van der Waals surface area (Å²) < 4.78 is 13.6. The van der Waals surface area contributed by atoms with Crippen molar-refractivity contribution in [2.24, 2.45) is 0 Å². The quantitative estimate of drug-likeness (QED) is 0.0852. The maximum absolute atomic E-state index is 11.4. The summed E-state index contributed by atoms with van der Waals surface area (Å²) in [5, 5.41) is 43.4. The van der Waals surface area contributed by atoms with Crippen molar-refractivity contribution >= 4 is 36.5 Å². The molecule has 0 saturated heterocycles. The molecule has 6 heteroatoms. The van der Waals surface area contributed by atoms with Crippen molar-refractivity contribution in [1.29, 1.82) is 0 Å². The average molecular weight is 923 g/mol. The highest BCUT2D eigenvalue weighted by atomic mass is 16.5. The predicted molar refractivity (Wildman–Crippen MR) is 287 cm³/mol. The molecule has 0 fully saturated rings. The Morgan fingerprint density at radius 2 is 0.843 bits per heavy atom. The number of benzene rings is 6. The fraction of sp³-hybridized carbons (Fsp3) is 0.188. The Bertz CT molecular complexity index is 3130. The van der Waals surface area contributed by atoms with Crippen LogP contribution >= 0.6 is 0 Å². The molecule has 2 heterocycles. The van der Waals surface area contributed by atoms with E-state index in [0.29, 0.717) is 11.5 Å². The van der Waals surface area contributed by atoms with E-state index in [1.54, 1.807) is 12.2 Å². The Labute approximate surface area is 411 Å². The van der Waals surface area contributed by atoms with Gasteiger partial charge in [-0.15, -0.1) is 0 Å². The number of hydrogen-bond donors (Lipinski definition) is 4. The summed E-state index contributed by atoms with van der Waals surface area (Å²) in [4.78, 5) is 0. The molecule has 4 unspecified atom stereocenters. The van der Waals surface area contributed by atoms with Crippen molar-refractivity contribution in [3.63, 3.8) is 0 Å². The van der Waals surface area contributed by atoms with Crippen molar-refractivity contribution in [2.45, 2.75) is 75.4 Å². The van der Waals surface area contributed by atoms with Crippen molar-refractivity contribution < 1.29 is 29.9 Å². The first-order chi connectivity index (χ1) is 33.3. The lowest BCUT2D eigenvalue weighted by Crippen LogP contribution is -2.35. The minimum Gasteiger partial charge on any atom is -0.509 e. The van der Waals surface area contributed by atoms with Gasteiger partial charge in [0.1, 0.15) is 34.5 Å². The second kappa shape index (κ2) is 16.5. The summed E-state index contributed by atoms with van der Waals surface area (Å²) in [6.07, 6.45) is 18.4. The molecule has 2 aliphatic carbocycles. The first kappa shape index (κ1) is 46.1. The van der Waals surface area contributed by atoms with Crippen LogP contribution in [0.25, 0.3) is 47.6 Å². The molecule has 70 heavy (non-hydrogen) atoms. The van der Waals surface area contributed by atoms with Gasteiger partial charge in [-0.25, -0.2) is 0 Å². The number of aliphatic hydroxyl groups excluding tert-OH is 2. The summed E-state index contributed by atoms with van der Waals surface area (Å²) in [6, 6.07) is 33.6. The van der Waals surface area contributed by atoms with Crippen molar-refractivity contribution in [3.05, 3.63) is 237 Å². The monoisotopic (exact) mass is 922 g/mol. The fourth-order valence-corrected chi connectivity index (χ4v) is 11.5. The highest BCUT2D eigenvalue weighted by Crippen LogP contribution is 2.59. The van der Waals surface area contributed by atoms with Gasteiger partial charge in [-0.05, 0) is 131 Å². The molecule has 6 atom stereocenters. The highest BCUT2D eigenvalue weighted by Gasteiger charge is 2.47. The van der Waals surface area contributed by atoms with Crippen LogP contribution in [0.4, 0.5) is 0 Å². The third kappa shape index (κ3) is 7.00. The largest absolute Gasteiger partial charge is 0.509 e. The van der Waals surface area contributed by atoms with Gasteiger partial charge in [0.05, 0.1) is 22.0 Å². The highest BCUT2D eigenvalue weighted by molar-refractivity contribution is 5.83. The van der Waals surface area contributed by atoms with Crippen LogP contribution in [0.15, 0.2) is 159 Å². The normalized spacial score (nSPS) is 24.6. The third-order valence-corrected chi connectivity index (χ3v) is 15.8. The van der Waals surface area contributed by atoms with Crippen LogP contribution < -0.4 is 9.47 Å². The van der Waals surface area contributed by atoms with Gasteiger partial charge < -0.3 is 29.9 Å². The van der Waals surface area contributed by atoms with Crippen LogP contribution in [0.1, 0.15) is 131 Å². The third-order valence-electron chi connectivity index (χ3n) is 15.8.